The van der Waals surface area contributed by atoms with Gasteiger partial charge in [-0.2, -0.15) is 0 Å². The zero-order chi connectivity index (χ0) is 53.6. The second-order valence-electron chi connectivity index (χ2n) is 19.9. The first-order chi connectivity index (χ1) is 36.1. The van der Waals surface area contributed by atoms with Gasteiger partial charge in [0.15, 0.2) is 46.1 Å². The minimum absolute atomic E-state index is 0.000283. The van der Waals surface area contributed by atoms with E-state index in [9.17, 15) is 39.3 Å². The van der Waals surface area contributed by atoms with E-state index in [2.05, 4.69) is 47.8 Å². The number of piperidine rings is 1. The number of methoxy groups -OCH3 is 3. The third kappa shape index (κ3) is 12.6. The summed E-state index contributed by atoms with van der Waals surface area (Å²) in [6.45, 7) is 3.28. The Morgan fingerprint density at radius 3 is 1.60 bits per heavy atom. The number of aromatic hydroxyl groups is 3. The van der Waals surface area contributed by atoms with Gasteiger partial charge in [0, 0.05) is 77.1 Å². The lowest BCUT2D eigenvalue weighted by Gasteiger charge is -2.43. The van der Waals surface area contributed by atoms with E-state index in [0.29, 0.717) is 88.6 Å². The number of nitrogens with zero attached hydrogens (tertiary/aromatic N) is 3. The number of Topliss-reactive ketones (excluding diaryl/α,β-unsaturated/α-hetero) is 1. The smallest absolute Gasteiger partial charge is 0.210 e. The number of carbonyl (C=O) groups is 5. The van der Waals surface area contributed by atoms with Crippen LogP contribution < -0.4 is 14.2 Å². The van der Waals surface area contributed by atoms with Crippen LogP contribution in [-0.2, 0) is 52.7 Å². The second kappa shape index (κ2) is 24.8. The molecule has 402 valence electrons. The zero-order valence-corrected chi connectivity index (χ0v) is 47.2. The minimum atomic E-state index is -0.453. The summed E-state index contributed by atoms with van der Waals surface area (Å²) in [6, 6.07) is 10.3. The van der Waals surface area contributed by atoms with Crippen LogP contribution in [0.5, 0.6) is 34.5 Å². The molecule has 3 aromatic carbocycles. The van der Waals surface area contributed by atoms with Gasteiger partial charge >= 0.3 is 0 Å². The highest BCUT2D eigenvalue weighted by atomic mass is 79.9. The van der Waals surface area contributed by atoms with Crippen molar-refractivity contribution in [2.24, 2.45) is 5.92 Å². The predicted molar refractivity (Wildman–Crippen MR) is 289 cm³/mol. The van der Waals surface area contributed by atoms with Gasteiger partial charge in [0.1, 0.15) is 5.78 Å². The number of ketones is 2. The summed E-state index contributed by atoms with van der Waals surface area (Å²) < 4.78 is 29.8. The van der Waals surface area contributed by atoms with E-state index in [1.54, 1.807) is 42.5 Å². The molecule has 16 nitrogen and oxygen atoms in total. The lowest BCUT2D eigenvalue weighted by Crippen LogP contribution is -2.47. The van der Waals surface area contributed by atoms with Crippen molar-refractivity contribution >= 4 is 78.6 Å². The summed E-state index contributed by atoms with van der Waals surface area (Å²) in [6.07, 6.45) is 14.4. The second-order valence-corrected chi connectivity index (χ2v) is 22.5. The van der Waals surface area contributed by atoms with Crippen LogP contribution in [0, 0.1) is 5.92 Å². The molecular weight excluding hydrogens is 1160 g/mol. The van der Waals surface area contributed by atoms with E-state index in [1.807, 2.05) is 14.7 Å². The van der Waals surface area contributed by atoms with Crippen LogP contribution in [-0.4, -0.2) is 139 Å². The quantitative estimate of drug-likeness (QED) is 0.115. The molecule has 4 heterocycles. The summed E-state index contributed by atoms with van der Waals surface area (Å²) in [7, 11) is 4.54. The van der Waals surface area contributed by atoms with E-state index in [1.165, 1.54) is 43.6 Å². The third-order valence-electron chi connectivity index (χ3n) is 15.8. The molecule has 10 rings (SSSR count). The first-order valence-electron chi connectivity index (χ1n) is 25.4. The number of ether oxygens (including phenoxy) is 5. The van der Waals surface area contributed by atoms with Crippen molar-refractivity contribution in [2.45, 2.75) is 114 Å². The number of rotatable bonds is 12. The molecule has 0 saturated carbocycles. The molecule has 4 aliphatic heterocycles. The van der Waals surface area contributed by atoms with Crippen molar-refractivity contribution in [1.82, 2.24) is 14.7 Å². The molecule has 3 amide bonds. The molecule has 3 N–H and O–H groups in total. The highest BCUT2D eigenvalue weighted by Gasteiger charge is 2.44. The van der Waals surface area contributed by atoms with Gasteiger partial charge in [0.2, 0.25) is 19.2 Å². The molecule has 0 bridgehead atoms. The molecule has 75 heavy (non-hydrogen) atoms. The van der Waals surface area contributed by atoms with E-state index < -0.39 is 5.79 Å². The SMILES string of the molecule is COc1cc(Br)c(CC2C3=C(CCN2C=O)CC(=O)CC3)cc1O.COc1cc(Br)c(CC2C3=C(CCN2C=O)CC2(CC3)OCCO2)cc1O.COc1cc(Br)c(CC2C3CCC(=O)C=C3CCN2C=O)cc1O. The molecule has 19 heteroatoms. The Labute approximate surface area is 462 Å². The van der Waals surface area contributed by atoms with E-state index in [-0.39, 0.29) is 52.9 Å². The van der Waals surface area contributed by atoms with Gasteiger partial charge in [0.05, 0.1) is 46.6 Å². The number of halogens is 3. The van der Waals surface area contributed by atoms with Gasteiger partial charge in [-0.3, -0.25) is 24.0 Å². The largest absolute Gasteiger partial charge is 0.504 e. The van der Waals surface area contributed by atoms with Gasteiger partial charge in [-0.15, -0.1) is 0 Å². The molecular formula is C56H64Br3N3O13. The fourth-order valence-corrected chi connectivity index (χ4v) is 13.4. The van der Waals surface area contributed by atoms with Crippen molar-refractivity contribution in [3.63, 3.8) is 0 Å². The molecule has 2 saturated heterocycles. The number of carbonyl (C=O) groups excluding carboxylic acids is 5. The average Bonchev–Trinajstić information content (AvgIpc) is 3.86. The topological polar surface area (TPSA) is 202 Å². The van der Waals surface area contributed by atoms with Crippen LogP contribution >= 0.6 is 47.8 Å². The van der Waals surface area contributed by atoms with Crippen molar-refractivity contribution in [1.29, 1.82) is 0 Å². The first kappa shape index (κ1) is 56.0. The number of fused-ring (bicyclic) bond motifs is 1. The van der Waals surface area contributed by atoms with E-state index in [4.69, 9.17) is 23.7 Å². The lowest BCUT2D eigenvalue weighted by atomic mass is 9.75. The Hall–Kier alpha value is -5.21. The minimum Gasteiger partial charge on any atom is -0.504 e. The van der Waals surface area contributed by atoms with Crippen LogP contribution in [0.3, 0.4) is 0 Å². The van der Waals surface area contributed by atoms with Crippen molar-refractivity contribution in [3.8, 4) is 34.5 Å². The number of phenolic OH excluding ortho intramolecular Hbond substituents is 3. The van der Waals surface area contributed by atoms with E-state index in [0.717, 1.165) is 106 Å². The summed E-state index contributed by atoms with van der Waals surface area (Å²) in [5.41, 5.74) is 9.04. The van der Waals surface area contributed by atoms with Crippen LogP contribution in [0.4, 0.5) is 0 Å². The Kier molecular flexibility index (Phi) is 18.6. The monoisotopic (exact) mass is 1220 g/mol. The van der Waals surface area contributed by atoms with Crippen LogP contribution in [0.2, 0.25) is 0 Å². The zero-order valence-electron chi connectivity index (χ0n) is 42.4. The highest BCUT2D eigenvalue weighted by molar-refractivity contribution is 9.11. The number of hydrogen-bond acceptors (Lipinski definition) is 13. The summed E-state index contributed by atoms with van der Waals surface area (Å²) in [5, 5.41) is 30.3. The summed E-state index contributed by atoms with van der Waals surface area (Å²) in [5.74, 6) is 1.73. The Bertz CT molecular complexity index is 2770. The Morgan fingerprint density at radius 1 is 0.613 bits per heavy atom. The fraction of sp³-hybridized carbons (Fsp3) is 0.482. The maximum absolute atomic E-state index is 11.7. The number of allylic oxidation sites excluding steroid dienone is 1. The lowest BCUT2D eigenvalue weighted by molar-refractivity contribution is -0.165. The number of likely N-dealkylation sites (tertiary alicyclic amines) is 1. The molecule has 0 radical (unpaired) electrons. The van der Waals surface area contributed by atoms with E-state index >= 15 is 0 Å². The normalized spacial score (nSPS) is 22.9. The van der Waals surface area contributed by atoms with Crippen molar-refractivity contribution < 1.29 is 63.0 Å². The molecule has 1 spiro atoms. The maximum atomic E-state index is 11.7. The molecule has 4 atom stereocenters. The number of amides is 3. The summed E-state index contributed by atoms with van der Waals surface area (Å²) in [4.78, 5) is 63.7. The highest BCUT2D eigenvalue weighted by Crippen LogP contribution is 2.46. The van der Waals surface area contributed by atoms with Gasteiger partial charge < -0.3 is 53.7 Å². The number of phenols is 3. The number of benzene rings is 3. The molecule has 7 aliphatic rings. The molecule has 3 aliphatic carbocycles. The molecule has 2 fully saturated rings. The van der Waals surface area contributed by atoms with Gasteiger partial charge in [0.25, 0.3) is 0 Å². The van der Waals surface area contributed by atoms with Crippen molar-refractivity contribution in [2.75, 3.05) is 54.2 Å². The number of hydrogen-bond donors (Lipinski definition) is 3. The van der Waals surface area contributed by atoms with Crippen molar-refractivity contribution in [3.05, 3.63) is 100 Å². The van der Waals surface area contributed by atoms with Gasteiger partial charge in [-0.05, 0) is 128 Å². The van der Waals surface area contributed by atoms with Crippen LogP contribution in [0.1, 0.15) is 87.3 Å². The first-order valence-corrected chi connectivity index (χ1v) is 27.7. The van der Waals surface area contributed by atoms with Crippen LogP contribution in [0.25, 0.3) is 0 Å². The summed E-state index contributed by atoms with van der Waals surface area (Å²) >= 11 is 10.6. The molecule has 3 aromatic rings. The van der Waals surface area contributed by atoms with Gasteiger partial charge in [-0.1, -0.05) is 64.5 Å². The standard InChI is InChI=1S/C20H24BrNO5.2C18H20BrNO4/c1-25-19-10-16(21)14(9-18(19)24)8-17-15-2-4-20(26-6-7-27-20)11-13(15)3-5-22(17)12-23;2*1-24-18-9-15(19)12(8-17(18)23)7-16-14-3-2-13(22)6-11(14)4-5-20(16)10-21/h9-10,12,17,24H,2-8,11H2,1H3;8-10,16,23H,2-7H2,1H3;6,8-10,14,16,23H,2-5,7H2,1H3. The third-order valence-corrected chi connectivity index (χ3v) is 18.0. The molecule has 4 unspecified atom stereocenters. The van der Waals surface area contributed by atoms with Crippen LogP contribution in [0.15, 0.2) is 83.8 Å². The fourth-order valence-electron chi connectivity index (χ4n) is 11.9. The molecule has 0 aromatic heterocycles. The van der Waals surface area contributed by atoms with Gasteiger partial charge in [-0.25, -0.2) is 0 Å². The Balaban J connectivity index is 0.000000150. The Morgan fingerprint density at radius 2 is 1.09 bits per heavy atom. The predicted octanol–water partition coefficient (Wildman–Crippen LogP) is 8.99. The average molecular weight is 1230 g/mol. The maximum Gasteiger partial charge on any atom is 0.210 e.